The highest BCUT2D eigenvalue weighted by Crippen LogP contribution is 2.69. The summed E-state index contributed by atoms with van der Waals surface area (Å²) in [6.07, 6.45) is 14.3. The number of carbonyl (C=O) groups is 2. The summed E-state index contributed by atoms with van der Waals surface area (Å²) in [6.45, 7) is 14.1. The second-order valence-electron chi connectivity index (χ2n) is 22.4. The smallest absolute Gasteiger partial charge is 0.303 e. The Morgan fingerprint density at radius 3 is 2.55 bits per heavy atom. The highest BCUT2D eigenvalue weighted by molar-refractivity contribution is 5.84. The third-order valence-corrected chi connectivity index (χ3v) is 19.8. The zero-order chi connectivity index (χ0) is 43.9. The van der Waals surface area contributed by atoms with Gasteiger partial charge in [-0.15, -0.1) is 5.92 Å². The molecular formula is C54H74O8. The molecule has 4 N–H and O–H groups in total. The van der Waals surface area contributed by atoms with Gasteiger partial charge in [-0.2, -0.15) is 0 Å². The van der Waals surface area contributed by atoms with Crippen LogP contribution in [0.25, 0.3) is 0 Å². The lowest BCUT2D eigenvalue weighted by Gasteiger charge is -2.63. The predicted molar refractivity (Wildman–Crippen MR) is 239 cm³/mol. The molecule has 0 saturated heterocycles. The van der Waals surface area contributed by atoms with Crippen LogP contribution in [0.15, 0.2) is 41.0 Å². The minimum Gasteiger partial charge on any atom is -0.491 e. The molecule has 7 fully saturated rings. The van der Waals surface area contributed by atoms with Crippen molar-refractivity contribution in [3.8, 4) is 17.6 Å². The van der Waals surface area contributed by atoms with Crippen molar-refractivity contribution in [1.82, 2.24) is 0 Å². The van der Waals surface area contributed by atoms with Crippen molar-refractivity contribution in [2.24, 2.45) is 63.6 Å². The number of fused-ring (bicyclic) bond motifs is 9. The van der Waals surface area contributed by atoms with Crippen LogP contribution in [-0.4, -0.2) is 69.3 Å². The number of carboxylic acid groups (broad SMARTS) is 1. The van der Waals surface area contributed by atoms with Crippen molar-refractivity contribution < 1.29 is 39.5 Å². The molecular weight excluding hydrogens is 777 g/mol. The van der Waals surface area contributed by atoms with Gasteiger partial charge in [0.1, 0.15) is 23.7 Å². The first-order valence-corrected chi connectivity index (χ1v) is 24.6. The summed E-state index contributed by atoms with van der Waals surface area (Å²) >= 11 is 0. The Hall–Kier alpha value is -2.96. The molecule has 0 radical (unpaired) electrons. The van der Waals surface area contributed by atoms with Gasteiger partial charge in [0.2, 0.25) is 0 Å². The van der Waals surface area contributed by atoms with Crippen molar-refractivity contribution in [2.45, 2.75) is 174 Å². The number of benzene rings is 1. The number of aryl methyl sites for hydroxylation is 1. The Balaban J connectivity index is 0.839. The van der Waals surface area contributed by atoms with E-state index in [0.717, 1.165) is 81.9 Å². The molecule has 62 heavy (non-hydrogen) atoms. The molecule has 9 rings (SSSR count). The largest absolute Gasteiger partial charge is 0.491 e. The lowest BCUT2D eigenvalue weighted by atomic mass is 9.43. The van der Waals surface area contributed by atoms with Crippen molar-refractivity contribution in [3.05, 3.63) is 52.1 Å². The van der Waals surface area contributed by atoms with Gasteiger partial charge in [-0.05, 0) is 184 Å². The van der Waals surface area contributed by atoms with E-state index in [1.54, 1.807) is 0 Å². The number of aliphatic hydroxyl groups is 3. The number of Topliss-reactive ketones (excluding diaryl/α,β-unsaturated/α-hetero) is 1. The van der Waals surface area contributed by atoms with Crippen LogP contribution in [-0.2, 0) is 14.3 Å². The van der Waals surface area contributed by atoms with Gasteiger partial charge in [0.15, 0.2) is 0 Å². The van der Waals surface area contributed by atoms with E-state index in [1.165, 1.54) is 22.3 Å². The molecule has 8 aliphatic carbocycles. The van der Waals surface area contributed by atoms with Crippen LogP contribution in [0.1, 0.15) is 154 Å². The molecule has 8 heteroatoms. The van der Waals surface area contributed by atoms with Gasteiger partial charge >= 0.3 is 5.97 Å². The maximum Gasteiger partial charge on any atom is 0.303 e. The van der Waals surface area contributed by atoms with Crippen molar-refractivity contribution >= 4 is 11.8 Å². The second kappa shape index (κ2) is 16.5. The number of hydrogen-bond donors (Lipinski definition) is 4. The molecule has 0 bridgehead atoms. The highest BCUT2D eigenvalue weighted by Gasteiger charge is 2.66. The molecule has 0 aliphatic heterocycles. The third-order valence-electron chi connectivity index (χ3n) is 19.8. The van der Waals surface area contributed by atoms with E-state index in [4.69, 9.17) is 9.47 Å². The number of ether oxygens (including phenoxy) is 2. The Bertz CT molecular complexity index is 2060. The van der Waals surface area contributed by atoms with Crippen LogP contribution in [0.3, 0.4) is 0 Å². The van der Waals surface area contributed by atoms with Crippen molar-refractivity contribution in [2.75, 3.05) is 13.2 Å². The van der Waals surface area contributed by atoms with E-state index < -0.39 is 23.8 Å². The minimum absolute atomic E-state index is 0.0473. The van der Waals surface area contributed by atoms with Crippen LogP contribution < -0.4 is 4.74 Å². The molecule has 0 amide bonds. The van der Waals surface area contributed by atoms with Gasteiger partial charge in [0.05, 0.1) is 24.9 Å². The number of allylic oxidation sites excluding steroid dienone is 4. The number of carboxylic acids is 1. The molecule has 7 saturated carbocycles. The van der Waals surface area contributed by atoms with E-state index in [9.17, 15) is 30.0 Å². The van der Waals surface area contributed by atoms with Gasteiger partial charge in [-0.1, -0.05) is 57.4 Å². The van der Waals surface area contributed by atoms with Crippen molar-refractivity contribution in [3.63, 3.8) is 0 Å². The standard InChI is InChI=1S/C54H74O8/c1-7-20-54(60)22-19-42-39-12-9-34-26-36(55)11-13-38(34)49(39)40(30-52(42,54)5)33-10-16-46(32(3)25-33)62-24-23-61-37-18-21-51(4)35(27-37)28-45(56)50-43-15-14-41(31(2)8-17-48(58)59)53(43,6)47(57)29-44(50)51/h9-10,16,25,31,35,37,39-45,47,50,56-57,60H,8,11-15,17-19,21-24,26-30H2,1-6H3,(H,58,59)/t31-,35?,37+,39?,40-,41-,42?,43+,44+,45-,47+,50+,51+,52+,53-,54+/m1/s1. The third kappa shape index (κ3) is 7.08. The topological polar surface area (TPSA) is 134 Å². The zero-order valence-electron chi connectivity index (χ0n) is 38.4. The Kier molecular flexibility index (Phi) is 11.8. The number of ketones is 1. The predicted octanol–water partition coefficient (Wildman–Crippen LogP) is 9.51. The first-order valence-electron chi connectivity index (χ1n) is 24.6. The number of rotatable bonds is 10. The summed E-state index contributed by atoms with van der Waals surface area (Å²) in [6, 6.07) is 6.64. The molecule has 16 atom stereocenters. The van der Waals surface area contributed by atoms with Crippen LogP contribution in [0, 0.1) is 82.4 Å². The van der Waals surface area contributed by atoms with E-state index in [-0.39, 0.29) is 64.3 Å². The molecule has 0 spiro atoms. The number of aliphatic carboxylic acids is 1. The SMILES string of the molecule is CC#C[C@]1(O)CCC2C3CC=C4CC(=O)CCC4=C3[C@@H](c3ccc(OCCO[C@H]4CC[C@@]5(C)C(C4)C[C@@H](O)[C@H]4[C@@H]6CC[C@H]([C@H](C)CCC(=O)O)[C@@]6(C)[C@@H](O)C[C@@H]45)c(C)c3)C[C@@]21C. The molecule has 0 heterocycles. The lowest BCUT2D eigenvalue weighted by molar-refractivity contribution is -0.209. The highest BCUT2D eigenvalue weighted by atomic mass is 16.5. The quantitative estimate of drug-likeness (QED) is 0.135. The van der Waals surface area contributed by atoms with Crippen molar-refractivity contribution in [1.29, 1.82) is 0 Å². The summed E-state index contributed by atoms with van der Waals surface area (Å²) in [5, 5.41) is 45.3. The summed E-state index contributed by atoms with van der Waals surface area (Å²) in [5.74, 6) is 9.18. The van der Waals surface area contributed by atoms with Crippen LogP contribution in [0.5, 0.6) is 5.75 Å². The van der Waals surface area contributed by atoms with E-state index in [0.29, 0.717) is 62.4 Å². The Labute approximate surface area is 370 Å². The van der Waals surface area contributed by atoms with Gasteiger partial charge in [-0.25, -0.2) is 0 Å². The Morgan fingerprint density at radius 2 is 1.79 bits per heavy atom. The first-order chi connectivity index (χ1) is 29.5. The Morgan fingerprint density at radius 1 is 0.984 bits per heavy atom. The van der Waals surface area contributed by atoms with Gasteiger partial charge < -0.3 is 29.9 Å². The average molecular weight is 851 g/mol. The molecule has 8 nitrogen and oxygen atoms in total. The number of aliphatic hydroxyl groups excluding tert-OH is 2. The van der Waals surface area contributed by atoms with Gasteiger partial charge in [0.25, 0.3) is 0 Å². The fourth-order valence-electron chi connectivity index (χ4n) is 16.5. The summed E-state index contributed by atoms with van der Waals surface area (Å²) < 4.78 is 13.0. The molecule has 0 aromatic heterocycles. The minimum atomic E-state index is -1.01. The van der Waals surface area contributed by atoms with E-state index in [1.807, 2.05) is 6.92 Å². The second-order valence-corrected chi connectivity index (χ2v) is 22.4. The molecule has 338 valence electrons. The normalized spacial score (nSPS) is 43.7. The van der Waals surface area contributed by atoms with E-state index >= 15 is 0 Å². The number of carbonyl (C=O) groups excluding carboxylic acids is 1. The monoisotopic (exact) mass is 851 g/mol. The van der Waals surface area contributed by atoms with Crippen LogP contribution >= 0.6 is 0 Å². The fourth-order valence-corrected chi connectivity index (χ4v) is 16.5. The van der Waals surface area contributed by atoms with Gasteiger partial charge in [0, 0.05) is 30.6 Å². The maximum absolute atomic E-state index is 12.6. The maximum atomic E-state index is 12.6. The lowest BCUT2D eigenvalue weighted by Crippen LogP contribution is -2.62. The average Bonchev–Trinajstić information content (AvgIpc) is 3.72. The zero-order valence-corrected chi connectivity index (χ0v) is 38.4. The van der Waals surface area contributed by atoms with Gasteiger partial charge in [-0.3, -0.25) is 9.59 Å². The number of hydrogen-bond acceptors (Lipinski definition) is 7. The molecule has 3 unspecified atom stereocenters. The summed E-state index contributed by atoms with van der Waals surface area (Å²) in [4.78, 5) is 23.9. The summed E-state index contributed by atoms with van der Waals surface area (Å²) in [5.41, 5.74) is 4.93. The summed E-state index contributed by atoms with van der Waals surface area (Å²) in [7, 11) is 0. The fraction of sp³-hybridized carbons (Fsp3) is 0.741. The molecule has 1 aromatic carbocycles. The van der Waals surface area contributed by atoms with E-state index in [2.05, 4.69) is 70.7 Å². The van der Waals surface area contributed by atoms with Crippen LogP contribution in [0.4, 0.5) is 0 Å². The molecule has 8 aliphatic rings. The first kappa shape index (κ1) is 44.3. The van der Waals surface area contributed by atoms with Crippen LogP contribution in [0.2, 0.25) is 0 Å². The molecule has 1 aromatic rings.